The highest BCUT2D eigenvalue weighted by molar-refractivity contribution is 5.70. The number of hydrogen-bond donors (Lipinski definition) is 1. The maximum absolute atomic E-state index is 5.48. The minimum atomic E-state index is 0.689. The number of ether oxygens (including phenoxy) is 1. The lowest BCUT2D eigenvalue weighted by Gasteiger charge is -2.14. The molecule has 3 rings (SSSR count). The van der Waals surface area contributed by atoms with Crippen LogP contribution in [0, 0.1) is 0 Å². The number of aromatic nitrogens is 1. The van der Waals surface area contributed by atoms with Crippen LogP contribution in [0.15, 0.2) is 42.7 Å². The molecule has 3 nitrogen and oxygen atoms in total. The third-order valence-electron chi connectivity index (χ3n) is 4.19. The first kappa shape index (κ1) is 14.1. The van der Waals surface area contributed by atoms with Gasteiger partial charge in [0, 0.05) is 36.1 Å². The highest BCUT2D eigenvalue weighted by atomic mass is 16.5. The number of nitrogens with one attached hydrogen (secondary N) is 1. The molecular formula is C18H22N2O. The van der Waals surface area contributed by atoms with Crippen molar-refractivity contribution >= 4 is 0 Å². The van der Waals surface area contributed by atoms with Gasteiger partial charge in [-0.15, -0.1) is 0 Å². The number of nitrogens with zero attached hydrogens (tertiary/aromatic N) is 1. The molecule has 1 aromatic heterocycles. The van der Waals surface area contributed by atoms with Gasteiger partial charge in [0.1, 0.15) is 5.75 Å². The van der Waals surface area contributed by atoms with E-state index in [1.807, 2.05) is 18.3 Å². The van der Waals surface area contributed by atoms with E-state index in [1.165, 1.54) is 31.2 Å². The molecular weight excluding hydrogens is 260 g/mol. The van der Waals surface area contributed by atoms with Crippen LogP contribution < -0.4 is 10.1 Å². The quantitative estimate of drug-likeness (QED) is 0.906. The Bertz CT molecular complexity index is 577. The number of hydrogen-bond acceptors (Lipinski definition) is 3. The molecule has 0 unspecified atom stereocenters. The Hall–Kier alpha value is -1.87. The fraction of sp³-hybridized carbons (Fsp3) is 0.389. The molecule has 1 N–H and O–H groups in total. The molecule has 2 aromatic rings. The first-order chi connectivity index (χ1) is 10.4. The molecule has 1 heterocycles. The summed E-state index contributed by atoms with van der Waals surface area (Å²) in [6, 6.07) is 11.1. The fourth-order valence-corrected chi connectivity index (χ4v) is 3.00. The van der Waals surface area contributed by atoms with E-state index in [2.05, 4.69) is 28.5 Å². The second-order valence-corrected chi connectivity index (χ2v) is 5.64. The van der Waals surface area contributed by atoms with E-state index in [0.717, 1.165) is 23.4 Å². The van der Waals surface area contributed by atoms with Gasteiger partial charge in [-0.05, 0) is 36.6 Å². The van der Waals surface area contributed by atoms with Crippen molar-refractivity contribution in [3.63, 3.8) is 0 Å². The number of methoxy groups -OCH3 is 1. The zero-order chi connectivity index (χ0) is 14.5. The van der Waals surface area contributed by atoms with Crippen molar-refractivity contribution in [3.8, 4) is 16.9 Å². The summed E-state index contributed by atoms with van der Waals surface area (Å²) in [4.78, 5) is 4.20. The molecule has 21 heavy (non-hydrogen) atoms. The zero-order valence-corrected chi connectivity index (χ0v) is 12.5. The van der Waals surface area contributed by atoms with E-state index in [9.17, 15) is 0 Å². The molecule has 1 saturated carbocycles. The first-order valence-corrected chi connectivity index (χ1v) is 7.67. The molecule has 1 fully saturated rings. The van der Waals surface area contributed by atoms with Gasteiger partial charge in [0.15, 0.2) is 0 Å². The summed E-state index contributed by atoms with van der Waals surface area (Å²) < 4.78 is 5.48. The predicted molar refractivity (Wildman–Crippen MR) is 85.3 cm³/mol. The minimum absolute atomic E-state index is 0.689. The largest absolute Gasteiger partial charge is 0.496 e. The molecule has 0 spiro atoms. The topological polar surface area (TPSA) is 34.1 Å². The fourth-order valence-electron chi connectivity index (χ4n) is 3.00. The predicted octanol–water partition coefficient (Wildman–Crippen LogP) is 3.79. The van der Waals surface area contributed by atoms with Crippen molar-refractivity contribution in [1.29, 1.82) is 0 Å². The van der Waals surface area contributed by atoms with Crippen LogP contribution in [0.5, 0.6) is 5.75 Å². The Morgan fingerprint density at radius 2 is 2.10 bits per heavy atom. The molecule has 0 saturated heterocycles. The molecule has 1 aromatic carbocycles. The summed E-state index contributed by atoms with van der Waals surface area (Å²) in [6.07, 6.45) is 9.02. The van der Waals surface area contributed by atoms with Crippen molar-refractivity contribution in [1.82, 2.24) is 10.3 Å². The van der Waals surface area contributed by atoms with Crippen LogP contribution in [0.3, 0.4) is 0 Å². The summed E-state index contributed by atoms with van der Waals surface area (Å²) >= 11 is 0. The summed E-state index contributed by atoms with van der Waals surface area (Å²) in [5, 5.41) is 3.66. The van der Waals surface area contributed by atoms with Crippen molar-refractivity contribution in [2.45, 2.75) is 38.3 Å². The summed E-state index contributed by atoms with van der Waals surface area (Å²) in [7, 11) is 1.71. The van der Waals surface area contributed by atoms with Crippen molar-refractivity contribution < 1.29 is 4.74 Å². The molecule has 1 aliphatic rings. The standard InChI is InChI=1S/C18H22N2O/c1-21-18-9-8-14(12-20-16-6-2-3-7-16)11-17(18)15-5-4-10-19-13-15/h4-5,8-11,13,16,20H,2-3,6-7,12H2,1H3. The summed E-state index contributed by atoms with van der Waals surface area (Å²) in [5.74, 6) is 0.896. The Morgan fingerprint density at radius 1 is 1.24 bits per heavy atom. The van der Waals surface area contributed by atoms with Crippen LogP contribution >= 0.6 is 0 Å². The van der Waals surface area contributed by atoms with Crippen molar-refractivity contribution in [3.05, 3.63) is 48.3 Å². The van der Waals surface area contributed by atoms with Crippen LogP contribution in [0.2, 0.25) is 0 Å². The second-order valence-electron chi connectivity index (χ2n) is 5.64. The molecule has 0 bridgehead atoms. The van der Waals surface area contributed by atoms with Gasteiger partial charge in [0.05, 0.1) is 7.11 Å². The Balaban J connectivity index is 1.79. The molecule has 0 atom stereocenters. The van der Waals surface area contributed by atoms with Crippen LogP contribution in [0.25, 0.3) is 11.1 Å². The molecule has 1 aliphatic carbocycles. The van der Waals surface area contributed by atoms with Crippen molar-refractivity contribution in [2.24, 2.45) is 0 Å². The second kappa shape index (κ2) is 6.72. The third kappa shape index (κ3) is 3.42. The lowest BCUT2D eigenvalue weighted by molar-refractivity contribution is 0.416. The maximum Gasteiger partial charge on any atom is 0.126 e. The van der Waals surface area contributed by atoms with E-state index >= 15 is 0 Å². The van der Waals surface area contributed by atoms with Crippen molar-refractivity contribution in [2.75, 3.05) is 7.11 Å². The Morgan fingerprint density at radius 3 is 2.81 bits per heavy atom. The zero-order valence-electron chi connectivity index (χ0n) is 12.5. The summed E-state index contributed by atoms with van der Waals surface area (Å²) in [5.41, 5.74) is 3.50. The van der Waals surface area contributed by atoms with Gasteiger partial charge in [-0.25, -0.2) is 0 Å². The molecule has 0 aliphatic heterocycles. The van der Waals surface area contributed by atoms with E-state index in [4.69, 9.17) is 4.74 Å². The smallest absolute Gasteiger partial charge is 0.126 e. The lowest BCUT2D eigenvalue weighted by Crippen LogP contribution is -2.25. The SMILES string of the molecule is COc1ccc(CNC2CCCC2)cc1-c1cccnc1. The van der Waals surface area contributed by atoms with Crippen LogP contribution in [-0.2, 0) is 6.54 Å². The van der Waals surface area contributed by atoms with E-state index in [-0.39, 0.29) is 0 Å². The van der Waals surface area contributed by atoms with E-state index < -0.39 is 0 Å². The number of pyridine rings is 1. The van der Waals surface area contributed by atoms with Gasteiger partial charge >= 0.3 is 0 Å². The van der Waals surface area contributed by atoms with E-state index in [0.29, 0.717) is 6.04 Å². The third-order valence-corrected chi connectivity index (χ3v) is 4.19. The summed E-state index contributed by atoms with van der Waals surface area (Å²) in [6.45, 7) is 0.919. The van der Waals surface area contributed by atoms with Gasteiger partial charge in [-0.2, -0.15) is 0 Å². The normalized spacial score (nSPS) is 15.3. The first-order valence-electron chi connectivity index (χ1n) is 7.67. The highest BCUT2D eigenvalue weighted by Crippen LogP contribution is 2.30. The lowest BCUT2D eigenvalue weighted by atomic mass is 10.0. The number of rotatable bonds is 5. The average Bonchev–Trinajstić information content (AvgIpc) is 3.07. The molecule has 0 amide bonds. The highest BCUT2D eigenvalue weighted by Gasteiger charge is 2.14. The molecule has 3 heteroatoms. The monoisotopic (exact) mass is 282 g/mol. The maximum atomic E-state index is 5.48. The average molecular weight is 282 g/mol. The molecule has 0 radical (unpaired) electrons. The Labute approximate surface area is 126 Å². The van der Waals surface area contributed by atoms with Gasteiger partial charge in [0.25, 0.3) is 0 Å². The van der Waals surface area contributed by atoms with Crippen LogP contribution in [0.4, 0.5) is 0 Å². The van der Waals surface area contributed by atoms with Gasteiger partial charge in [0.2, 0.25) is 0 Å². The van der Waals surface area contributed by atoms with Gasteiger partial charge < -0.3 is 10.1 Å². The van der Waals surface area contributed by atoms with Gasteiger partial charge in [-0.3, -0.25) is 4.98 Å². The Kier molecular flexibility index (Phi) is 4.51. The number of benzene rings is 1. The minimum Gasteiger partial charge on any atom is -0.496 e. The molecule has 110 valence electrons. The van der Waals surface area contributed by atoms with E-state index in [1.54, 1.807) is 13.3 Å². The van der Waals surface area contributed by atoms with Gasteiger partial charge in [-0.1, -0.05) is 25.0 Å². The van der Waals surface area contributed by atoms with Crippen LogP contribution in [0.1, 0.15) is 31.2 Å². The van der Waals surface area contributed by atoms with Crippen LogP contribution in [-0.4, -0.2) is 18.1 Å².